The molecule has 0 fully saturated rings. The van der Waals surface area contributed by atoms with Crippen LogP contribution in [-0.2, 0) is 0 Å². The molecule has 0 saturated carbocycles. The Morgan fingerprint density at radius 1 is 1.55 bits per heavy atom. The second-order valence-electron chi connectivity index (χ2n) is 2.26. The molecule has 0 N–H and O–H groups in total. The van der Waals surface area contributed by atoms with Gasteiger partial charge in [0.15, 0.2) is 0 Å². The largest absolute Gasteiger partial charge is 0.617 e. The van der Waals surface area contributed by atoms with Crippen molar-refractivity contribution in [3.05, 3.63) is 31.3 Å². The van der Waals surface area contributed by atoms with Crippen molar-refractivity contribution < 1.29 is 4.73 Å². The number of halogens is 2. The molecular formula is C7H6ClINO. The number of aryl methyl sites for hydroxylation is 1. The maximum atomic E-state index is 10.9. The van der Waals surface area contributed by atoms with Crippen LogP contribution in [0.25, 0.3) is 0 Å². The number of hydrogen-bond donors (Lipinski definition) is 0. The van der Waals surface area contributed by atoms with Crippen LogP contribution >= 0.6 is 34.2 Å². The zero-order valence-electron chi connectivity index (χ0n) is 6.11. The van der Waals surface area contributed by atoms with Gasteiger partial charge in [-0.25, -0.2) is 0 Å². The summed E-state index contributed by atoms with van der Waals surface area (Å²) >= 11 is 7.81. The van der Waals surface area contributed by atoms with Crippen LogP contribution in [0.3, 0.4) is 0 Å². The number of pyridine rings is 1. The van der Waals surface area contributed by atoms with Gasteiger partial charge in [0, 0.05) is 14.7 Å². The van der Waals surface area contributed by atoms with Crippen LogP contribution in [-0.4, -0.2) is 0 Å². The predicted molar refractivity (Wildman–Crippen MR) is 51.4 cm³/mol. The van der Waals surface area contributed by atoms with Crippen molar-refractivity contribution in [1.82, 2.24) is 0 Å². The molecule has 0 atom stereocenters. The van der Waals surface area contributed by atoms with E-state index >= 15 is 0 Å². The van der Waals surface area contributed by atoms with E-state index in [-0.39, 0.29) is 5.15 Å². The van der Waals surface area contributed by atoms with Gasteiger partial charge in [0.2, 0.25) is 0 Å². The summed E-state index contributed by atoms with van der Waals surface area (Å²) in [6.45, 7) is 3.65. The lowest BCUT2D eigenvalue weighted by Crippen LogP contribution is -2.29. The van der Waals surface area contributed by atoms with Crippen molar-refractivity contribution in [3.63, 3.8) is 0 Å². The first-order valence-electron chi connectivity index (χ1n) is 3.01. The van der Waals surface area contributed by atoms with Gasteiger partial charge < -0.3 is 5.21 Å². The van der Waals surface area contributed by atoms with E-state index in [1.807, 2.05) is 13.8 Å². The molecule has 1 radical (unpaired) electrons. The fourth-order valence-corrected chi connectivity index (χ4v) is 1.45. The van der Waals surface area contributed by atoms with Crippen molar-refractivity contribution in [2.45, 2.75) is 13.8 Å². The van der Waals surface area contributed by atoms with E-state index in [9.17, 15) is 5.21 Å². The van der Waals surface area contributed by atoms with Gasteiger partial charge in [0.1, 0.15) is 0 Å². The fraction of sp³-hybridized carbons (Fsp3) is 0.286. The van der Waals surface area contributed by atoms with Gasteiger partial charge in [0.05, 0.1) is 0 Å². The van der Waals surface area contributed by atoms with Gasteiger partial charge in [-0.1, -0.05) is 0 Å². The summed E-state index contributed by atoms with van der Waals surface area (Å²) in [4.78, 5) is 0. The number of rotatable bonds is 0. The minimum Gasteiger partial charge on any atom is -0.617 e. The van der Waals surface area contributed by atoms with Crippen molar-refractivity contribution >= 4 is 34.2 Å². The molecule has 1 rings (SSSR count). The summed E-state index contributed by atoms with van der Waals surface area (Å²) in [5.74, 6) is 0. The van der Waals surface area contributed by atoms with Crippen LogP contribution in [0.15, 0.2) is 0 Å². The van der Waals surface area contributed by atoms with Crippen molar-refractivity contribution in [3.8, 4) is 0 Å². The normalized spacial score (nSPS) is 10.2. The number of nitrogens with zero attached hydrogens (tertiary/aromatic N) is 1. The van der Waals surface area contributed by atoms with Gasteiger partial charge in [-0.05, 0) is 48.0 Å². The molecule has 59 valence electrons. The summed E-state index contributed by atoms with van der Waals surface area (Å²) in [7, 11) is 0. The average Bonchev–Trinajstić information content (AvgIpc) is 1.97. The lowest BCUT2D eigenvalue weighted by Gasteiger charge is -2.03. The zero-order chi connectivity index (χ0) is 8.59. The summed E-state index contributed by atoms with van der Waals surface area (Å²) in [5, 5.41) is 11.1. The Labute approximate surface area is 83.9 Å². The predicted octanol–water partition coefficient (Wildman–Crippen LogP) is 2.00. The van der Waals surface area contributed by atoms with E-state index in [1.165, 1.54) is 0 Å². The Morgan fingerprint density at radius 2 is 2.09 bits per heavy atom. The van der Waals surface area contributed by atoms with E-state index in [1.54, 1.807) is 0 Å². The maximum Gasteiger partial charge on any atom is 0.295 e. The molecule has 1 aromatic heterocycles. The topological polar surface area (TPSA) is 26.9 Å². The molecule has 0 saturated heterocycles. The Balaban J connectivity index is 3.46. The summed E-state index contributed by atoms with van der Waals surface area (Å²) in [5.41, 5.74) is 1.65. The minimum atomic E-state index is 0.208. The summed E-state index contributed by atoms with van der Waals surface area (Å²) in [6.07, 6.45) is 2.57. The van der Waals surface area contributed by atoms with E-state index < -0.39 is 0 Å². The smallest absolute Gasteiger partial charge is 0.295 e. The van der Waals surface area contributed by atoms with Gasteiger partial charge >= 0.3 is 0 Å². The highest BCUT2D eigenvalue weighted by Gasteiger charge is 2.13. The Bertz CT molecular complexity index is 275. The third-order valence-electron chi connectivity index (χ3n) is 1.42. The molecule has 1 aromatic rings. The Hall–Kier alpha value is -0.0300. The molecular weight excluding hydrogens is 276 g/mol. The average molecular weight is 282 g/mol. The van der Waals surface area contributed by atoms with Crippen LogP contribution in [0.5, 0.6) is 0 Å². The lowest BCUT2D eigenvalue weighted by atomic mass is 10.2. The van der Waals surface area contributed by atoms with Gasteiger partial charge in [-0.2, -0.15) is 0 Å². The van der Waals surface area contributed by atoms with Crippen LogP contribution in [0.2, 0.25) is 5.15 Å². The van der Waals surface area contributed by atoms with Crippen molar-refractivity contribution in [2.24, 2.45) is 0 Å². The third-order valence-corrected chi connectivity index (χ3v) is 3.47. The monoisotopic (exact) mass is 282 g/mol. The zero-order valence-corrected chi connectivity index (χ0v) is 9.02. The molecule has 0 unspecified atom stereocenters. The van der Waals surface area contributed by atoms with E-state index in [0.717, 1.165) is 14.7 Å². The highest BCUT2D eigenvalue weighted by atomic mass is 127. The standard InChI is InChI=1S/C7H6ClINO/c1-4-3-10(11)7(8)5(2)6(4)9/h1-2H3. The molecule has 0 aliphatic heterocycles. The first kappa shape index (κ1) is 9.06. The molecule has 4 heteroatoms. The second-order valence-corrected chi connectivity index (χ2v) is 3.70. The van der Waals surface area contributed by atoms with Crippen LogP contribution < -0.4 is 4.73 Å². The van der Waals surface area contributed by atoms with Crippen LogP contribution in [0, 0.1) is 28.8 Å². The SMILES string of the molecule is Cc1[c][n+]([O-])c(Cl)c(C)c1I. The van der Waals surface area contributed by atoms with E-state index in [0.29, 0.717) is 4.73 Å². The van der Waals surface area contributed by atoms with Gasteiger partial charge in [-0.15, -0.1) is 4.73 Å². The molecule has 0 aliphatic carbocycles. The molecule has 11 heavy (non-hydrogen) atoms. The summed E-state index contributed by atoms with van der Waals surface area (Å²) in [6, 6.07) is 0. The summed E-state index contributed by atoms with van der Waals surface area (Å²) < 4.78 is 1.56. The van der Waals surface area contributed by atoms with Gasteiger partial charge in [0.25, 0.3) is 11.3 Å². The quantitative estimate of drug-likeness (QED) is 0.309. The first-order valence-corrected chi connectivity index (χ1v) is 4.46. The maximum absolute atomic E-state index is 10.9. The fourth-order valence-electron chi connectivity index (χ4n) is 0.775. The Morgan fingerprint density at radius 3 is 2.64 bits per heavy atom. The highest BCUT2D eigenvalue weighted by Crippen LogP contribution is 2.19. The first-order chi connectivity index (χ1) is 5.04. The van der Waals surface area contributed by atoms with Crippen molar-refractivity contribution in [1.29, 1.82) is 0 Å². The minimum absolute atomic E-state index is 0.208. The Kier molecular flexibility index (Phi) is 2.59. The molecule has 0 spiro atoms. The highest BCUT2D eigenvalue weighted by molar-refractivity contribution is 14.1. The number of hydrogen-bond acceptors (Lipinski definition) is 1. The van der Waals surface area contributed by atoms with E-state index in [4.69, 9.17) is 11.6 Å². The second kappa shape index (κ2) is 3.15. The molecule has 0 aromatic carbocycles. The van der Waals surface area contributed by atoms with E-state index in [2.05, 4.69) is 28.8 Å². The van der Waals surface area contributed by atoms with Gasteiger partial charge in [-0.3, -0.25) is 0 Å². The number of aromatic nitrogens is 1. The molecule has 0 aliphatic rings. The van der Waals surface area contributed by atoms with Crippen molar-refractivity contribution in [2.75, 3.05) is 0 Å². The third kappa shape index (κ3) is 1.59. The molecule has 0 bridgehead atoms. The van der Waals surface area contributed by atoms with Crippen LogP contribution in [0.4, 0.5) is 0 Å². The molecule has 0 amide bonds. The molecule has 2 nitrogen and oxygen atoms in total. The van der Waals surface area contributed by atoms with Crippen LogP contribution in [0.1, 0.15) is 11.1 Å². The lowest BCUT2D eigenvalue weighted by molar-refractivity contribution is -0.608. The molecule has 1 heterocycles.